The summed E-state index contributed by atoms with van der Waals surface area (Å²) in [4.78, 5) is 17.0. The first-order valence-electron chi connectivity index (χ1n) is 11.4. The number of rotatable bonds is 4. The van der Waals surface area contributed by atoms with Gasteiger partial charge in [0, 0.05) is 51.2 Å². The van der Waals surface area contributed by atoms with Gasteiger partial charge in [-0.15, -0.1) is 0 Å². The number of amides is 1. The summed E-state index contributed by atoms with van der Waals surface area (Å²) < 4.78 is 65.8. The van der Waals surface area contributed by atoms with Crippen LogP contribution in [0, 0.1) is 5.92 Å². The van der Waals surface area contributed by atoms with Crippen LogP contribution in [0.1, 0.15) is 44.1 Å². The van der Waals surface area contributed by atoms with Crippen LogP contribution in [-0.4, -0.2) is 73.7 Å². The number of halogens is 3. The Hall–Kier alpha value is -1.65. The lowest BCUT2D eigenvalue weighted by Gasteiger charge is -2.40. The lowest BCUT2D eigenvalue weighted by Crippen LogP contribution is -2.53. The zero-order valence-electron chi connectivity index (χ0n) is 18.1. The smallest absolute Gasteiger partial charge is 0.340 e. The molecule has 1 saturated carbocycles. The first-order chi connectivity index (χ1) is 15.2. The highest BCUT2D eigenvalue weighted by Crippen LogP contribution is 2.32. The van der Waals surface area contributed by atoms with E-state index in [1.54, 1.807) is 0 Å². The number of nitrogens with zero attached hydrogens (tertiary/aromatic N) is 3. The standard InChI is InChI=1S/C22H30F3N3O3S/c23-22(24,25)18-4-3-7-20(16-18)32(30,31)28-10-8-17(9-11-28)21(29)27-14-12-26(13-15-27)19-5-1-2-6-19/h3-4,7,16-17,19H,1-2,5-6,8-15H2. The summed E-state index contributed by atoms with van der Waals surface area (Å²) in [5.41, 5.74) is -0.986. The maximum absolute atomic E-state index is 13.0. The highest BCUT2D eigenvalue weighted by molar-refractivity contribution is 7.89. The second kappa shape index (κ2) is 9.30. The molecular weight excluding hydrogens is 443 g/mol. The number of carbonyl (C=O) groups excluding carboxylic acids is 1. The van der Waals surface area contributed by atoms with E-state index in [1.807, 2.05) is 4.90 Å². The van der Waals surface area contributed by atoms with E-state index in [4.69, 9.17) is 0 Å². The van der Waals surface area contributed by atoms with Gasteiger partial charge >= 0.3 is 6.18 Å². The highest BCUT2D eigenvalue weighted by atomic mass is 32.2. The summed E-state index contributed by atoms with van der Waals surface area (Å²) in [6, 6.07) is 4.48. The zero-order chi connectivity index (χ0) is 22.9. The summed E-state index contributed by atoms with van der Waals surface area (Å²) >= 11 is 0. The van der Waals surface area contributed by atoms with Gasteiger partial charge in [-0.3, -0.25) is 9.69 Å². The Morgan fingerprint density at radius 1 is 0.906 bits per heavy atom. The normalized spacial score (nSPS) is 23.0. The summed E-state index contributed by atoms with van der Waals surface area (Å²) in [5.74, 6) is -0.159. The number of hydrogen-bond acceptors (Lipinski definition) is 4. The predicted molar refractivity (Wildman–Crippen MR) is 113 cm³/mol. The van der Waals surface area contributed by atoms with Crippen LogP contribution in [0.2, 0.25) is 0 Å². The number of piperidine rings is 1. The van der Waals surface area contributed by atoms with E-state index in [9.17, 15) is 26.4 Å². The third-order valence-electron chi connectivity index (χ3n) is 7.07. The largest absolute Gasteiger partial charge is 0.416 e. The van der Waals surface area contributed by atoms with Crippen LogP contribution in [0.3, 0.4) is 0 Å². The van der Waals surface area contributed by atoms with Crippen molar-refractivity contribution in [2.75, 3.05) is 39.3 Å². The molecule has 0 atom stereocenters. The molecule has 178 valence electrons. The molecule has 1 aromatic rings. The molecule has 3 fully saturated rings. The van der Waals surface area contributed by atoms with Crippen molar-refractivity contribution in [3.63, 3.8) is 0 Å². The van der Waals surface area contributed by atoms with E-state index in [0.29, 0.717) is 38.0 Å². The minimum absolute atomic E-state index is 0.0761. The zero-order valence-corrected chi connectivity index (χ0v) is 18.9. The molecule has 1 aromatic carbocycles. The van der Waals surface area contributed by atoms with Gasteiger partial charge in [0.25, 0.3) is 0 Å². The molecule has 2 aliphatic heterocycles. The second-order valence-electron chi connectivity index (χ2n) is 9.00. The van der Waals surface area contributed by atoms with Crippen molar-refractivity contribution >= 4 is 15.9 Å². The Morgan fingerprint density at radius 3 is 2.12 bits per heavy atom. The summed E-state index contributed by atoms with van der Waals surface area (Å²) in [6.07, 6.45) is 1.23. The van der Waals surface area contributed by atoms with Gasteiger partial charge in [-0.1, -0.05) is 18.9 Å². The Kier molecular flexibility index (Phi) is 6.84. The Balaban J connectivity index is 1.32. The lowest BCUT2D eigenvalue weighted by atomic mass is 9.96. The van der Waals surface area contributed by atoms with E-state index in [-0.39, 0.29) is 29.8 Å². The average molecular weight is 474 g/mol. The molecule has 0 N–H and O–H groups in total. The number of alkyl halides is 3. The van der Waals surface area contributed by atoms with Gasteiger partial charge < -0.3 is 4.90 Å². The fourth-order valence-corrected chi connectivity index (χ4v) is 6.68. The molecule has 0 bridgehead atoms. The number of piperazine rings is 1. The van der Waals surface area contributed by atoms with Crippen LogP contribution < -0.4 is 0 Å². The molecule has 2 saturated heterocycles. The monoisotopic (exact) mass is 473 g/mol. The molecule has 0 spiro atoms. The van der Waals surface area contributed by atoms with Crippen molar-refractivity contribution in [2.45, 2.75) is 55.6 Å². The van der Waals surface area contributed by atoms with E-state index < -0.39 is 21.8 Å². The van der Waals surface area contributed by atoms with E-state index in [0.717, 1.165) is 25.2 Å². The quantitative estimate of drug-likeness (QED) is 0.674. The summed E-state index contributed by atoms with van der Waals surface area (Å²) in [7, 11) is -4.03. The van der Waals surface area contributed by atoms with Crippen LogP contribution in [0.5, 0.6) is 0 Å². The second-order valence-corrected chi connectivity index (χ2v) is 10.9. The first kappa shape index (κ1) is 23.5. The highest BCUT2D eigenvalue weighted by Gasteiger charge is 2.37. The molecule has 1 amide bonds. The van der Waals surface area contributed by atoms with Crippen molar-refractivity contribution in [1.29, 1.82) is 0 Å². The minimum Gasteiger partial charge on any atom is -0.340 e. The fourth-order valence-electron chi connectivity index (χ4n) is 5.16. The van der Waals surface area contributed by atoms with Crippen LogP contribution in [0.4, 0.5) is 13.2 Å². The number of sulfonamides is 1. The Labute approximate surface area is 187 Å². The van der Waals surface area contributed by atoms with Crippen molar-refractivity contribution in [2.24, 2.45) is 5.92 Å². The molecule has 1 aliphatic carbocycles. The van der Waals surface area contributed by atoms with Crippen LogP contribution in [0.15, 0.2) is 29.2 Å². The van der Waals surface area contributed by atoms with Crippen molar-refractivity contribution in [3.05, 3.63) is 29.8 Å². The van der Waals surface area contributed by atoms with Crippen molar-refractivity contribution in [1.82, 2.24) is 14.1 Å². The molecule has 2 heterocycles. The molecule has 6 nitrogen and oxygen atoms in total. The number of hydrogen-bond donors (Lipinski definition) is 0. The molecular formula is C22H30F3N3O3S. The number of carbonyl (C=O) groups is 1. The van der Waals surface area contributed by atoms with Crippen molar-refractivity contribution < 1.29 is 26.4 Å². The van der Waals surface area contributed by atoms with E-state index in [1.165, 1.54) is 36.1 Å². The van der Waals surface area contributed by atoms with Gasteiger partial charge in [-0.25, -0.2) is 8.42 Å². The van der Waals surface area contributed by atoms with Crippen LogP contribution in [0.25, 0.3) is 0 Å². The van der Waals surface area contributed by atoms with Gasteiger partial charge in [0.15, 0.2) is 0 Å². The van der Waals surface area contributed by atoms with Crippen LogP contribution in [-0.2, 0) is 21.0 Å². The maximum atomic E-state index is 13.0. The van der Waals surface area contributed by atoms with Crippen molar-refractivity contribution in [3.8, 4) is 0 Å². The first-order valence-corrected chi connectivity index (χ1v) is 12.8. The molecule has 4 rings (SSSR count). The molecule has 32 heavy (non-hydrogen) atoms. The lowest BCUT2D eigenvalue weighted by molar-refractivity contribution is -0.139. The molecule has 0 aromatic heterocycles. The van der Waals surface area contributed by atoms with E-state index in [2.05, 4.69) is 4.90 Å². The average Bonchev–Trinajstić information content (AvgIpc) is 3.33. The third-order valence-corrected chi connectivity index (χ3v) is 8.96. The third kappa shape index (κ3) is 4.97. The van der Waals surface area contributed by atoms with Gasteiger partial charge in [0.05, 0.1) is 10.5 Å². The summed E-state index contributed by atoms with van der Waals surface area (Å²) in [6.45, 7) is 3.46. The Bertz CT molecular complexity index is 916. The molecule has 0 unspecified atom stereocenters. The minimum atomic E-state index is -4.60. The molecule has 0 radical (unpaired) electrons. The summed E-state index contributed by atoms with van der Waals surface area (Å²) in [5, 5.41) is 0. The SMILES string of the molecule is O=C(C1CCN(S(=O)(=O)c2cccc(C(F)(F)F)c2)CC1)N1CCN(C2CCCC2)CC1. The fraction of sp³-hybridized carbons (Fsp3) is 0.682. The number of benzene rings is 1. The Morgan fingerprint density at radius 2 is 1.53 bits per heavy atom. The van der Waals surface area contributed by atoms with E-state index >= 15 is 0 Å². The van der Waals surface area contributed by atoms with Gasteiger partial charge in [-0.2, -0.15) is 17.5 Å². The van der Waals surface area contributed by atoms with Gasteiger partial charge in [0.2, 0.25) is 15.9 Å². The predicted octanol–water partition coefficient (Wildman–Crippen LogP) is 3.19. The topological polar surface area (TPSA) is 60.9 Å². The van der Waals surface area contributed by atoms with Gasteiger partial charge in [-0.05, 0) is 43.9 Å². The van der Waals surface area contributed by atoms with Crippen LogP contribution >= 0.6 is 0 Å². The maximum Gasteiger partial charge on any atom is 0.416 e. The van der Waals surface area contributed by atoms with Gasteiger partial charge in [0.1, 0.15) is 0 Å². The molecule has 10 heteroatoms. The molecule has 3 aliphatic rings.